The Hall–Kier alpha value is -2.39. The molecule has 0 bridgehead atoms. The average Bonchev–Trinajstić information content (AvgIpc) is 2.78. The van der Waals surface area contributed by atoms with Gasteiger partial charge in [0.1, 0.15) is 0 Å². The Labute approximate surface area is 220 Å². The maximum absolute atomic E-state index is 15.2. The second kappa shape index (κ2) is 11.8. The number of unbranched alkanes of at least 4 members (excludes halogenated alkanes) is 1. The molecule has 36 heavy (non-hydrogen) atoms. The zero-order chi connectivity index (χ0) is 26.5. The number of carbonyl (C=O) groups is 1. The summed E-state index contributed by atoms with van der Waals surface area (Å²) in [6.45, 7) is 12.4. The van der Waals surface area contributed by atoms with Gasteiger partial charge in [-0.2, -0.15) is 0 Å². The molecule has 4 nitrogen and oxygen atoms in total. The highest BCUT2D eigenvalue weighted by molar-refractivity contribution is 7.77. The third-order valence-electron chi connectivity index (χ3n) is 6.28. The third kappa shape index (κ3) is 6.88. The molecule has 0 aliphatic heterocycles. The molecule has 3 aromatic carbocycles. The number of esters is 1. The first-order valence-electron chi connectivity index (χ1n) is 12.4. The molecule has 0 aromatic heterocycles. The molecule has 0 fully saturated rings. The predicted octanol–water partition coefficient (Wildman–Crippen LogP) is 7.04. The Morgan fingerprint density at radius 1 is 0.889 bits per heavy atom. The van der Waals surface area contributed by atoms with Crippen LogP contribution in [-0.4, -0.2) is 12.6 Å². The van der Waals surface area contributed by atoms with Gasteiger partial charge in [0.2, 0.25) is 7.29 Å². The van der Waals surface area contributed by atoms with Crippen LogP contribution in [0.2, 0.25) is 5.02 Å². The van der Waals surface area contributed by atoms with Gasteiger partial charge in [-0.15, -0.1) is 0 Å². The highest BCUT2D eigenvalue weighted by atomic mass is 35.5. The van der Waals surface area contributed by atoms with Crippen molar-refractivity contribution in [1.29, 1.82) is 0 Å². The number of benzene rings is 3. The summed E-state index contributed by atoms with van der Waals surface area (Å²) in [7, 11) is -3.41. The summed E-state index contributed by atoms with van der Waals surface area (Å²) in [5.41, 5.74) is 3.96. The Kier molecular flexibility index (Phi) is 9.22. The van der Waals surface area contributed by atoms with Crippen molar-refractivity contribution >= 4 is 35.5 Å². The monoisotopic (exact) mass is 525 g/mol. The number of carbonyl (C=O) groups excluding carboxylic acids is 1. The fraction of sp³-hybridized carbons (Fsp3) is 0.367. The Morgan fingerprint density at radius 2 is 1.36 bits per heavy atom. The number of hydrogen-bond donors (Lipinski definition) is 1. The lowest BCUT2D eigenvalue weighted by atomic mass is 9.90. The van der Waals surface area contributed by atoms with Crippen molar-refractivity contribution in [3.8, 4) is 0 Å². The standard InChI is InChI=1S/C30H37ClNO3P/c1-7-8-13-35-29(33)20-30(6,25-9-11-26(31)12-10-25)32-36(34,27-16-21(2)14-22(3)17-27)28-18-23(4)15-24(5)19-28/h9-12,14-19H,7-8,13,20H2,1-6H3,(H,32,34)/t30-/m0/s1. The van der Waals surface area contributed by atoms with E-state index in [-0.39, 0.29) is 12.4 Å². The molecule has 0 aliphatic rings. The zero-order valence-electron chi connectivity index (χ0n) is 22.2. The number of nitrogens with one attached hydrogen (secondary N) is 1. The second-order valence-electron chi connectivity index (χ2n) is 10.0. The van der Waals surface area contributed by atoms with Crippen molar-refractivity contribution in [1.82, 2.24) is 5.09 Å². The fourth-order valence-electron chi connectivity index (χ4n) is 4.58. The first-order chi connectivity index (χ1) is 16.9. The molecule has 0 unspecified atom stereocenters. The van der Waals surface area contributed by atoms with Crippen LogP contribution in [-0.2, 0) is 19.6 Å². The quantitative estimate of drug-likeness (QED) is 0.175. The summed E-state index contributed by atoms with van der Waals surface area (Å²) < 4.78 is 20.8. The van der Waals surface area contributed by atoms with Crippen LogP contribution in [0.25, 0.3) is 0 Å². The van der Waals surface area contributed by atoms with E-state index >= 15 is 4.57 Å². The number of halogens is 1. The molecule has 0 saturated heterocycles. The smallest absolute Gasteiger partial charge is 0.308 e. The molecule has 0 radical (unpaired) electrons. The van der Waals surface area contributed by atoms with E-state index in [1.54, 1.807) is 12.1 Å². The van der Waals surface area contributed by atoms with Crippen molar-refractivity contribution in [2.24, 2.45) is 0 Å². The zero-order valence-corrected chi connectivity index (χ0v) is 23.8. The summed E-state index contributed by atoms with van der Waals surface area (Å²) in [6.07, 6.45) is 1.77. The molecule has 3 aromatic rings. The van der Waals surface area contributed by atoms with Crippen LogP contribution >= 0.6 is 18.9 Å². The maximum Gasteiger partial charge on any atom is 0.308 e. The van der Waals surface area contributed by atoms with Crippen LogP contribution in [0.5, 0.6) is 0 Å². The molecule has 192 valence electrons. The molecule has 0 aliphatic carbocycles. The van der Waals surface area contributed by atoms with Crippen LogP contribution in [0.1, 0.15) is 60.9 Å². The summed E-state index contributed by atoms with van der Waals surface area (Å²) in [5.74, 6) is -0.333. The van der Waals surface area contributed by atoms with Gasteiger partial charge in [0, 0.05) is 15.6 Å². The van der Waals surface area contributed by atoms with E-state index in [1.165, 1.54) is 0 Å². The van der Waals surface area contributed by atoms with Gasteiger partial charge < -0.3 is 4.74 Å². The Balaban J connectivity index is 2.18. The highest BCUT2D eigenvalue weighted by Gasteiger charge is 2.40. The molecule has 0 amide bonds. The molecule has 6 heteroatoms. The minimum Gasteiger partial charge on any atom is -0.466 e. The number of rotatable bonds is 10. The molecule has 0 heterocycles. The van der Waals surface area contributed by atoms with Crippen LogP contribution < -0.4 is 15.7 Å². The van der Waals surface area contributed by atoms with Crippen LogP contribution in [0.4, 0.5) is 0 Å². The summed E-state index contributed by atoms with van der Waals surface area (Å²) in [5, 5.41) is 5.54. The lowest BCUT2D eigenvalue weighted by Gasteiger charge is -2.36. The molecule has 1 atom stereocenters. The Bertz CT molecular complexity index is 1180. The molecular formula is C30H37ClNO3P. The lowest BCUT2D eigenvalue weighted by molar-refractivity contribution is -0.145. The van der Waals surface area contributed by atoms with Crippen molar-refractivity contribution < 1.29 is 14.1 Å². The van der Waals surface area contributed by atoms with Gasteiger partial charge in [-0.1, -0.05) is 71.5 Å². The summed E-state index contributed by atoms with van der Waals surface area (Å²) in [6, 6.07) is 19.4. The van der Waals surface area contributed by atoms with Gasteiger partial charge in [-0.3, -0.25) is 9.36 Å². The molecule has 0 saturated carbocycles. The van der Waals surface area contributed by atoms with Gasteiger partial charge in [0.15, 0.2) is 0 Å². The first kappa shape index (κ1) is 28.2. The van der Waals surface area contributed by atoms with Crippen LogP contribution in [0.3, 0.4) is 0 Å². The van der Waals surface area contributed by atoms with E-state index in [9.17, 15) is 4.79 Å². The lowest BCUT2D eigenvalue weighted by Crippen LogP contribution is -2.44. The number of hydrogen-bond acceptors (Lipinski definition) is 3. The van der Waals surface area contributed by atoms with Crippen LogP contribution in [0.15, 0.2) is 60.7 Å². The van der Waals surface area contributed by atoms with E-state index in [0.717, 1.165) is 40.7 Å². The number of aryl methyl sites for hydroxylation is 4. The van der Waals surface area contributed by atoms with E-state index in [2.05, 4.69) is 24.1 Å². The van der Waals surface area contributed by atoms with Crippen LogP contribution in [0, 0.1) is 27.7 Å². The highest BCUT2D eigenvalue weighted by Crippen LogP contribution is 2.45. The first-order valence-corrected chi connectivity index (χ1v) is 14.5. The van der Waals surface area contributed by atoms with E-state index < -0.39 is 12.8 Å². The SMILES string of the molecule is CCCCOC(=O)C[C@](C)(NP(=O)(c1cc(C)cc(C)c1)c1cc(C)cc(C)c1)c1ccc(Cl)cc1. The van der Waals surface area contributed by atoms with Gasteiger partial charge >= 0.3 is 5.97 Å². The largest absolute Gasteiger partial charge is 0.466 e. The minimum atomic E-state index is -3.41. The number of ether oxygens (including phenoxy) is 1. The van der Waals surface area contributed by atoms with Gasteiger partial charge in [-0.05, 0) is 83.0 Å². The van der Waals surface area contributed by atoms with Crippen molar-refractivity contribution in [3.05, 3.63) is 93.5 Å². The van der Waals surface area contributed by atoms with E-state index in [4.69, 9.17) is 16.3 Å². The van der Waals surface area contributed by atoms with Crippen molar-refractivity contribution in [2.75, 3.05) is 6.61 Å². The van der Waals surface area contributed by atoms with Crippen molar-refractivity contribution in [3.63, 3.8) is 0 Å². The average molecular weight is 526 g/mol. The molecule has 3 rings (SSSR count). The van der Waals surface area contributed by atoms with E-state index in [1.807, 2.05) is 71.0 Å². The molecular weight excluding hydrogens is 489 g/mol. The fourth-order valence-corrected chi connectivity index (χ4v) is 7.71. The topological polar surface area (TPSA) is 55.4 Å². The minimum absolute atomic E-state index is 0.0257. The molecule has 1 N–H and O–H groups in total. The van der Waals surface area contributed by atoms with Crippen molar-refractivity contribution in [2.45, 2.75) is 66.3 Å². The predicted molar refractivity (Wildman–Crippen MR) is 151 cm³/mol. The summed E-state index contributed by atoms with van der Waals surface area (Å²) >= 11 is 6.18. The van der Waals surface area contributed by atoms with Gasteiger partial charge in [-0.25, -0.2) is 5.09 Å². The van der Waals surface area contributed by atoms with E-state index in [0.29, 0.717) is 22.2 Å². The third-order valence-corrected chi connectivity index (χ3v) is 9.32. The Morgan fingerprint density at radius 3 is 1.81 bits per heavy atom. The second-order valence-corrected chi connectivity index (χ2v) is 12.9. The van der Waals surface area contributed by atoms with Gasteiger partial charge in [0.25, 0.3) is 0 Å². The summed E-state index contributed by atoms with van der Waals surface area (Å²) in [4.78, 5) is 13.0. The normalized spacial score (nSPS) is 13.3. The molecule has 0 spiro atoms. The maximum atomic E-state index is 15.2. The van der Waals surface area contributed by atoms with Gasteiger partial charge in [0.05, 0.1) is 18.6 Å².